The topological polar surface area (TPSA) is 49.9 Å². The fraction of sp³-hybridized carbons (Fsp3) is 0.556. The molecule has 5 nitrogen and oxygen atoms in total. The largest absolute Gasteiger partial charge is 0.384 e. The molecule has 130 valence electrons. The van der Waals surface area contributed by atoms with E-state index >= 15 is 0 Å². The van der Waals surface area contributed by atoms with Crippen LogP contribution >= 0.6 is 0 Å². The van der Waals surface area contributed by atoms with Gasteiger partial charge in [0.15, 0.2) is 0 Å². The Labute approximate surface area is 141 Å². The second-order valence-corrected chi connectivity index (χ2v) is 6.61. The average Bonchev–Trinajstić information content (AvgIpc) is 2.98. The van der Waals surface area contributed by atoms with E-state index in [-0.39, 0.29) is 30.0 Å². The van der Waals surface area contributed by atoms with Crippen LogP contribution in [0.1, 0.15) is 19.3 Å². The van der Waals surface area contributed by atoms with Gasteiger partial charge in [0.1, 0.15) is 5.82 Å². The fourth-order valence-corrected chi connectivity index (χ4v) is 3.56. The zero-order valence-electron chi connectivity index (χ0n) is 13.9. The van der Waals surface area contributed by atoms with Crippen LogP contribution in [0.25, 0.3) is 0 Å². The van der Waals surface area contributed by atoms with Crippen LogP contribution in [-0.4, -0.2) is 50.1 Å². The normalized spacial score (nSPS) is 22.2. The van der Waals surface area contributed by atoms with Gasteiger partial charge in [-0.3, -0.25) is 9.59 Å². The Morgan fingerprint density at radius 2 is 1.92 bits per heavy atom. The lowest BCUT2D eigenvalue weighted by molar-refractivity contribution is -0.137. The van der Waals surface area contributed by atoms with Crippen LogP contribution in [0.4, 0.5) is 10.1 Å². The van der Waals surface area contributed by atoms with Gasteiger partial charge in [0.2, 0.25) is 11.8 Å². The predicted molar refractivity (Wildman–Crippen MR) is 88.0 cm³/mol. The number of hydrogen-bond donors (Lipinski definition) is 0. The van der Waals surface area contributed by atoms with Gasteiger partial charge in [-0.05, 0) is 43.0 Å². The van der Waals surface area contributed by atoms with Crippen LogP contribution in [0.2, 0.25) is 0 Å². The SMILES string of the molecule is COCC1CCN(C(=O)C2CC(=O)N(c3ccc(F)cc3)C2)CC1. The molecular formula is C18H23FN2O3. The smallest absolute Gasteiger partial charge is 0.228 e. The van der Waals surface area contributed by atoms with Crippen molar-refractivity contribution in [2.24, 2.45) is 11.8 Å². The van der Waals surface area contributed by atoms with E-state index in [9.17, 15) is 14.0 Å². The van der Waals surface area contributed by atoms with E-state index in [1.54, 1.807) is 24.1 Å². The van der Waals surface area contributed by atoms with Gasteiger partial charge in [0, 0.05) is 45.5 Å². The molecule has 2 fully saturated rings. The maximum Gasteiger partial charge on any atom is 0.228 e. The Balaban J connectivity index is 1.59. The first-order chi connectivity index (χ1) is 11.6. The molecule has 1 unspecified atom stereocenters. The Morgan fingerprint density at radius 3 is 2.54 bits per heavy atom. The molecule has 24 heavy (non-hydrogen) atoms. The quantitative estimate of drug-likeness (QED) is 0.847. The van der Waals surface area contributed by atoms with Crippen molar-refractivity contribution >= 4 is 17.5 Å². The number of ether oxygens (including phenoxy) is 1. The van der Waals surface area contributed by atoms with E-state index in [0.29, 0.717) is 18.2 Å². The maximum absolute atomic E-state index is 13.0. The van der Waals surface area contributed by atoms with Gasteiger partial charge >= 0.3 is 0 Å². The molecule has 2 aliphatic rings. The molecule has 0 spiro atoms. The molecule has 1 aromatic carbocycles. The van der Waals surface area contributed by atoms with Crippen molar-refractivity contribution in [1.82, 2.24) is 4.90 Å². The van der Waals surface area contributed by atoms with Crippen molar-refractivity contribution in [3.05, 3.63) is 30.1 Å². The third-order valence-corrected chi connectivity index (χ3v) is 4.94. The lowest BCUT2D eigenvalue weighted by Gasteiger charge is -2.33. The van der Waals surface area contributed by atoms with Gasteiger partial charge < -0.3 is 14.5 Å². The van der Waals surface area contributed by atoms with E-state index in [4.69, 9.17) is 4.74 Å². The number of benzene rings is 1. The van der Waals surface area contributed by atoms with E-state index in [1.165, 1.54) is 12.1 Å². The predicted octanol–water partition coefficient (Wildman–Crippen LogP) is 2.06. The van der Waals surface area contributed by atoms with Crippen molar-refractivity contribution in [2.45, 2.75) is 19.3 Å². The summed E-state index contributed by atoms with van der Waals surface area (Å²) in [6, 6.07) is 5.82. The number of methoxy groups -OCH3 is 1. The summed E-state index contributed by atoms with van der Waals surface area (Å²) in [7, 11) is 1.70. The van der Waals surface area contributed by atoms with E-state index in [0.717, 1.165) is 32.5 Å². The number of nitrogens with zero attached hydrogens (tertiary/aromatic N) is 2. The van der Waals surface area contributed by atoms with Gasteiger partial charge in [-0.25, -0.2) is 4.39 Å². The number of anilines is 1. The molecule has 3 rings (SSSR count). The number of carbonyl (C=O) groups is 2. The van der Waals surface area contributed by atoms with Crippen LogP contribution in [0.3, 0.4) is 0 Å². The Morgan fingerprint density at radius 1 is 1.25 bits per heavy atom. The van der Waals surface area contributed by atoms with Gasteiger partial charge in [-0.15, -0.1) is 0 Å². The Kier molecular flexibility index (Phi) is 5.14. The highest BCUT2D eigenvalue weighted by Gasteiger charge is 2.38. The number of amides is 2. The van der Waals surface area contributed by atoms with E-state index < -0.39 is 0 Å². The third kappa shape index (κ3) is 3.59. The zero-order valence-corrected chi connectivity index (χ0v) is 13.9. The molecule has 2 aliphatic heterocycles. The number of carbonyl (C=O) groups excluding carboxylic acids is 2. The van der Waals surface area contributed by atoms with Crippen molar-refractivity contribution < 1.29 is 18.7 Å². The number of rotatable bonds is 4. The van der Waals surface area contributed by atoms with Gasteiger partial charge in [0.25, 0.3) is 0 Å². The molecule has 0 aliphatic carbocycles. The minimum atomic E-state index is -0.336. The number of halogens is 1. The Bertz CT molecular complexity index is 597. The summed E-state index contributed by atoms with van der Waals surface area (Å²) in [6.45, 7) is 2.58. The summed E-state index contributed by atoms with van der Waals surface area (Å²) < 4.78 is 18.2. The molecule has 6 heteroatoms. The zero-order chi connectivity index (χ0) is 17.1. The molecule has 0 N–H and O–H groups in total. The summed E-state index contributed by atoms with van der Waals surface area (Å²) in [5.74, 6) is -0.142. The first kappa shape index (κ1) is 16.9. The molecular weight excluding hydrogens is 311 g/mol. The number of likely N-dealkylation sites (tertiary alicyclic amines) is 1. The number of hydrogen-bond acceptors (Lipinski definition) is 3. The van der Waals surface area contributed by atoms with Gasteiger partial charge in [0.05, 0.1) is 5.92 Å². The molecule has 0 radical (unpaired) electrons. The number of piperidine rings is 1. The van der Waals surface area contributed by atoms with E-state index in [1.807, 2.05) is 4.90 Å². The van der Waals surface area contributed by atoms with E-state index in [2.05, 4.69) is 0 Å². The van der Waals surface area contributed by atoms with Crippen LogP contribution in [0.15, 0.2) is 24.3 Å². The molecule has 2 amide bonds. The molecule has 1 aromatic rings. The monoisotopic (exact) mass is 334 g/mol. The maximum atomic E-state index is 13.0. The molecule has 1 atom stereocenters. The first-order valence-electron chi connectivity index (χ1n) is 8.42. The molecule has 2 saturated heterocycles. The minimum absolute atomic E-state index is 0.0591. The third-order valence-electron chi connectivity index (χ3n) is 4.94. The van der Waals surface area contributed by atoms with Crippen molar-refractivity contribution in [3.63, 3.8) is 0 Å². The lowest BCUT2D eigenvalue weighted by atomic mass is 9.96. The van der Waals surface area contributed by atoms with Gasteiger partial charge in [-0.2, -0.15) is 0 Å². The second-order valence-electron chi connectivity index (χ2n) is 6.61. The highest BCUT2D eigenvalue weighted by atomic mass is 19.1. The lowest BCUT2D eigenvalue weighted by Crippen LogP contribution is -2.43. The van der Waals surface area contributed by atoms with Crippen LogP contribution in [0, 0.1) is 17.7 Å². The second kappa shape index (κ2) is 7.30. The molecule has 2 heterocycles. The Hall–Kier alpha value is -1.95. The highest BCUT2D eigenvalue weighted by Crippen LogP contribution is 2.28. The first-order valence-corrected chi connectivity index (χ1v) is 8.42. The fourth-order valence-electron chi connectivity index (χ4n) is 3.56. The molecule has 0 bridgehead atoms. The summed E-state index contributed by atoms with van der Waals surface area (Å²) in [5, 5.41) is 0. The van der Waals surface area contributed by atoms with Crippen LogP contribution in [-0.2, 0) is 14.3 Å². The van der Waals surface area contributed by atoms with Crippen molar-refractivity contribution in [1.29, 1.82) is 0 Å². The average molecular weight is 334 g/mol. The highest BCUT2D eigenvalue weighted by molar-refractivity contribution is 6.00. The summed E-state index contributed by atoms with van der Waals surface area (Å²) >= 11 is 0. The minimum Gasteiger partial charge on any atom is -0.384 e. The van der Waals surface area contributed by atoms with Gasteiger partial charge in [-0.1, -0.05) is 0 Å². The van der Waals surface area contributed by atoms with Crippen molar-refractivity contribution in [3.8, 4) is 0 Å². The summed E-state index contributed by atoms with van der Waals surface area (Å²) in [5.41, 5.74) is 0.649. The summed E-state index contributed by atoms with van der Waals surface area (Å²) in [6.07, 6.45) is 2.12. The van der Waals surface area contributed by atoms with Crippen molar-refractivity contribution in [2.75, 3.05) is 38.3 Å². The van der Waals surface area contributed by atoms with Crippen LogP contribution in [0.5, 0.6) is 0 Å². The standard InChI is InChI=1S/C18H23FN2O3/c1-24-12-13-6-8-20(9-7-13)18(23)14-10-17(22)21(11-14)16-4-2-15(19)3-5-16/h2-5,13-14H,6-12H2,1H3. The molecule has 0 aromatic heterocycles. The summed E-state index contributed by atoms with van der Waals surface area (Å²) in [4.78, 5) is 28.4. The molecule has 0 saturated carbocycles. The van der Waals surface area contributed by atoms with Crippen LogP contribution < -0.4 is 4.90 Å².